The second-order valence-corrected chi connectivity index (χ2v) is 6.33. The molecule has 1 aromatic rings. The molecule has 1 saturated heterocycles. The molecule has 1 unspecified atom stereocenters. The molecular formula is C14H22N2O2S. The number of carbonyl (C=O) groups is 1. The number of nitrogens with one attached hydrogen (secondary N) is 1. The number of hydrogen-bond acceptors (Lipinski definition) is 4. The van der Waals surface area contributed by atoms with Crippen molar-refractivity contribution in [3.8, 4) is 5.75 Å². The number of methoxy groups -OCH3 is 1. The lowest BCUT2D eigenvalue weighted by atomic mass is 9.98. The summed E-state index contributed by atoms with van der Waals surface area (Å²) in [5, 5.41) is 3.20. The van der Waals surface area contributed by atoms with E-state index >= 15 is 0 Å². The minimum atomic E-state index is 0.121. The maximum atomic E-state index is 12.6. The van der Waals surface area contributed by atoms with Gasteiger partial charge in [0.2, 0.25) is 0 Å². The second-order valence-electron chi connectivity index (χ2n) is 5.07. The number of aryl methyl sites for hydroxylation is 1. The molecule has 2 heterocycles. The van der Waals surface area contributed by atoms with Crippen molar-refractivity contribution >= 4 is 17.2 Å². The van der Waals surface area contributed by atoms with Gasteiger partial charge >= 0.3 is 0 Å². The van der Waals surface area contributed by atoms with E-state index in [1.165, 1.54) is 17.8 Å². The highest BCUT2D eigenvalue weighted by molar-refractivity contribution is 7.14. The molecule has 4 nitrogen and oxygen atoms in total. The molecule has 1 fully saturated rings. The van der Waals surface area contributed by atoms with Gasteiger partial charge in [0.15, 0.2) is 0 Å². The lowest BCUT2D eigenvalue weighted by Gasteiger charge is -2.32. The smallest absolute Gasteiger partial charge is 0.267 e. The van der Waals surface area contributed by atoms with Crippen molar-refractivity contribution in [1.29, 1.82) is 0 Å². The zero-order chi connectivity index (χ0) is 13.8. The third kappa shape index (κ3) is 3.28. The summed E-state index contributed by atoms with van der Waals surface area (Å²) in [5.74, 6) is 1.40. The van der Waals surface area contributed by atoms with Crippen LogP contribution in [0.15, 0.2) is 6.07 Å². The van der Waals surface area contributed by atoms with Crippen molar-refractivity contribution in [2.24, 2.45) is 5.92 Å². The summed E-state index contributed by atoms with van der Waals surface area (Å²) in [6.45, 7) is 4.69. The summed E-state index contributed by atoms with van der Waals surface area (Å²) < 4.78 is 5.30. The van der Waals surface area contributed by atoms with E-state index in [9.17, 15) is 4.79 Å². The maximum Gasteiger partial charge on any atom is 0.267 e. The van der Waals surface area contributed by atoms with Gasteiger partial charge in [-0.3, -0.25) is 4.79 Å². The van der Waals surface area contributed by atoms with Crippen LogP contribution in [0, 0.1) is 12.8 Å². The highest BCUT2D eigenvalue weighted by Crippen LogP contribution is 2.31. The van der Waals surface area contributed by atoms with Crippen molar-refractivity contribution < 1.29 is 9.53 Å². The molecule has 106 valence electrons. The Morgan fingerprint density at radius 3 is 3.11 bits per heavy atom. The van der Waals surface area contributed by atoms with E-state index in [0.717, 1.165) is 35.8 Å². The van der Waals surface area contributed by atoms with Gasteiger partial charge in [-0.1, -0.05) is 0 Å². The molecule has 0 saturated carbocycles. The largest absolute Gasteiger partial charge is 0.495 e. The third-order valence-corrected chi connectivity index (χ3v) is 4.55. The van der Waals surface area contributed by atoms with Gasteiger partial charge < -0.3 is 15.0 Å². The zero-order valence-electron chi connectivity index (χ0n) is 11.9. The first-order valence-corrected chi connectivity index (χ1v) is 7.55. The average molecular weight is 282 g/mol. The van der Waals surface area contributed by atoms with Crippen molar-refractivity contribution in [3.63, 3.8) is 0 Å². The molecule has 2 rings (SSSR count). The molecule has 0 aromatic carbocycles. The third-order valence-electron chi connectivity index (χ3n) is 3.53. The van der Waals surface area contributed by atoms with Gasteiger partial charge in [0.1, 0.15) is 10.6 Å². The fraction of sp³-hybridized carbons (Fsp3) is 0.643. The Morgan fingerprint density at radius 2 is 2.42 bits per heavy atom. The van der Waals surface area contributed by atoms with Crippen LogP contribution in [-0.2, 0) is 0 Å². The minimum absolute atomic E-state index is 0.121. The van der Waals surface area contributed by atoms with Gasteiger partial charge in [-0.05, 0) is 45.3 Å². The number of piperidine rings is 1. The van der Waals surface area contributed by atoms with Crippen molar-refractivity contribution in [2.75, 3.05) is 33.8 Å². The SMILES string of the molecule is CNCC1CCCN(C(=O)c2sc(C)cc2OC)C1. The molecule has 0 bridgehead atoms. The Hall–Kier alpha value is -1.07. The Morgan fingerprint density at radius 1 is 1.63 bits per heavy atom. The monoisotopic (exact) mass is 282 g/mol. The maximum absolute atomic E-state index is 12.6. The fourth-order valence-electron chi connectivity index (χ4n) is 2.64. The number of hydrogen-bond donors (Lipinski definition) is 1. The van der Waals surface area contributed by atoms with Gasteiger partial charge in [-0.2, -0.15) is 0 Å². The van der Waals surface area contributed by atoms with E-state index in [-0.39, 0.29) is 5.91 Å². The Balaban J connectivity index is 2.10. The average Bonchev–Trinajstić information content (AvgIpc) is 2.80. The molecule has 0 radical (unpaired) electrons. The van der Waals surface area contributed by atoms with Crippen LogP contribution in [0.4, 0.5) is 0 Å². The molecule has 1 aliphatic heterocycles. The number of amides is 1. The summed E-state index contributed by atoms with van der Waals surface area (Å²) in [4.78, 5) is 16.4. The first kappa shape index (κ1) is 14.3. The molecule has 0 spiro atoms. The molecular weight excluding hydrogens is 260 g/mol. The summed E-state index contributed by atoms with van der Waals surface area (Å²) in [5.41, 5.74) is 0. The molecule has 1 aliphatic rings. The van der Waals surface area contributed by atoms with E-state index in [1.807, 2.05) is 24.9 Å². The molecule has 1 amide bonds. The predicted molar refractivity (Wildman–Crippen MR) is 78.2 cm³/mol. The normalized spacial score (nSPS) is 19.5. The van der Waals surface area contributed by atoms with Crippen molar-refractivity contribution in [2.45, 2.75) is 19.8 Å². The van der Waals surface area contributed by atoms with E-state index < -0.39 is 0 Å². The molecule has 1 aromatic heterocycles. The summed E-state index contributed by atoms with van der Waals surface area (Å²) >= 11 is 1.52. The van der Waals surface area contributed by atoms with E-state index in [1.54, 1.807) is 7.11 Å². The Kier molecular flexibility index (Phi) is 4.82. The highest BCUT2D eigenvalue weighted by Gasteiger charge is 2.27. The van der Waals surface area contributed by atoms with Gasteiger partial charge in [0.25, 0.3) is 5.91 Å². The lowest BCUT2D eigenvalue weighted by Crippen LogP contribution is -2.42. The van der Waals surface area contributed by atoms with Crippen molar-refractivity contribution in [1.82, 2.24) is 10.2 Å². The van der Waals surface area contributed by atoms with Crippen LogP contribution in [0.1, 0.15) is 27.4 Å². The van der Waals surface area contributed by atoms with Crippen LogP contribution in [0.25, 0.3) is 0 Å². The molecule has 1 N–H and O–H groups in total. The van der Waals surface area contributed by atoms with E-state index in [0.29, 0.717) is 11.7 Å². The number of ether oxygens (including phenoxy) is 1. The van der Waals surface area contributed by atoms with Crippen LogP contribution in [0.2, 0.25) is 0 Å². The number of nitrogens with zero attached hydrogens (tertiary/aromatic N) is 1. The van der Waals surface area contributed by atoms with E-state index in [2.05, 4.69) is 5.32 Å². The van der Waals surface area contributed by atoms with Gasteiger partial charge in [0.05, 0.1) is 7.11 Å². The second kappa shape index (κ2) is 6.39. The molecule has 0 aliphatic carbocycles. The molecule has 5 heteroatoms. The topological polar surface area (TPSA) is 41.6 Å². The number of thiophene rings is 1. The van der Waals surface area contributed by atoms with Gasteiger partial charge in [-0.15, -0.1) is 11.3 Å². The van der Waals surface area contributed by atoms with E-state index in [4.69, 9.17) is 4.74 Å². The number of likely N-dealkylation sites (tertiary alicyclic amines) is 1. The summed E-state index contributed by atoms with van der Waals surface area (Å²) in [7, 11) is 3.59. The minimum Gasteiger partial charge on any atom is -0.495 e. The predicted octanol–water partition coefficient (Wildman–Crippen LogP) is 2.14. The zero-order valence-corrected chi connectivity index (χ0v) is 12.7. The first-order valence-electron chi connectivity index (χ1n) is 6.74. The molecule has 19 heavy (non-hydrogen) atoms. The Labute approximate surface area is 118 Å². The van der Waals surface area contributed by atoms with Crippen LogP contribution < -0.4 is 10.1 Å². The van der Waals surface area contributed by atoms with Crippen LogP contribution >= 0.6 is 11.3 Å². The quantitative estimate of drug-likeness (QED) is 0.920. The van der Waals surface area contributed by atoms with Crippen molar-refractivity contribution in [3.05, 3.63) is 15.8 Å². The number of rotatable bonds is 4. The summed E-state index contributed by atoms with van der Waals surface area (Å²) in [6.07, 6.45) is 2.29. The summed E-state index contributed by atoms with van der Waals surface area (Å²) in [6, 6.07) is 1.94. The standard InChI is InChI=1S/C14H22N2O2S/c1-10-7-12(18-3)13(19-10)14(17)16-6-4-5-11(9-16)8-15-2/h7,11,15H,4-6,8-9H2,1-3H3. The number of carbonyl (C=O) groups excluding carboxylic acids is 1. The van der Waals surface area contributed by atoms with Gasteiger partial charge in [0, 0.05) is 18.0 Å². The van der Waals surface area contributed by atoms with Crippen LogP contribution in [-0.4, -0.2) is 44.6 Å². The Bertz CT molecular complexity index is 443. The highest BCUT2D eigenvalue weighted by atomic mass is 32.1. The van der Waals surface area contributed by atoms with Crippen LogP contribution in [0.3, 0.4) is 0 Å². The fourth-order valence-corrected chi connectivity index (χ4v) is 3.59. The van der Waals surface area contributed by atoms with Crippen LogP contribution in [0.5, 0.6) is 5.75 Å². The first-order chi connectivity index (χ1) is 9.15. The molecule has 1 atom stereocenters. The lowest BCUT2D eigenvalue weighted by molar-refractivity contribution is 0.0676. The van der Waals surface area contributed by atoms with Gasteiger partial charge in [-0.25, -0.2) is 0 Å².